The summed E-state index contributed by atoms with van der Waals surface area (Å²) < 4.78 is 33.0. The first kappa shape index (κ1) is 22.4. The summed E-state index contributed by atoms with van der Waals surface area (Å²) in [5, 5.41) is 2.86. The highest BCUT2D eigenvalue weighted by Gasteiger charge is 2.19. The van der Waals surface area contributed by atoms with Gasteiger partial charge in [0.2, 0.25) is 10.0 Å². The van der Waals surface area contributed by atoms with Crippen molar-refractivity contribution in [2.75, 3.05) is 37.7 Å². The molecular weight excluding hydrogens is 472 g/mol. The van der Waals surface area contributed by atoms with Crippen LogP contribution in [0.25, 0.3) is 0 Å². The lowest BCUT2D eigenvalue weighted by Gasteiger charge is -2.29. The third-order valence-corrected chi connectivity index (χ3v) is 6.64. The minimum Gasteiger partial charge on any atom is -0.378 e. The number of pyridine rings is 1. The highest BCUT2D eigenvalue weighted by molar-refractivity contribution is 9.10. The molecule has 0 atom stereocenters. The van der Waals surface area contributed by atoms with Gasteiger partial charge in [-0.1, -0.05) is 12.1 Å². The number of amides is 1. The van der Waals surface area contributed by atoms with E-state index in [1.165, 1.54) is 18.2 Å². The first-order chi connectivity index (χ1) is 14.4. The summed E-state index contributed by atoms with van der Waals surface area (Å²) >= 11 is 3.33. The van der Waals surface area contributed by atoms with Gasteiger partial charge in [-0.3, -0.25) is 4.79 Å². The molecule has 1 aromatic carbocycles. The predicted molar refractivity (Wildman–Crippen MR) is 118 cm³/mol. The van der Waals surface area contributed by atoms with Gasteiger partial charge in [0.25, 0.3) is 5.91 Å². The molecule has 0 unspecified atom stereocenters. The third kappa shape index (κ3) is 5.45. The maximum Gasteiger partial charge on any atom is 0.252 e. The lowest BCUT2D eigenvalue weighted by Crippen LogP contribution is -2.37. The van der Waals surface area contributed by atoms with Crippen molar-refractivity contribution in [1.82, 2.24) is 15.0 Å². The molecule has 0 saturated carbocycles. The Morgan fingerprint density at radius 2 is 2.07 bits per heavy atom. The Morgan fingerprint density at radius 3 is 2.80 bits per heavy atom. The molecule has 8 nitrogen and oxygen atoms in total. The largest absolute Gasteiger partial charge is 0.378 e. The number of carbonyl (C=O) groups excluding carboxylic acids is 1. The zero-order valence-corrected chi connectivity index (χ0v) is 18.7. The number of halogens is 1. The van der Waals surface area contributed by atoms with Crippen LogP contribution in [0.5, 0.6) is 0 Å². The molecule has 3 rings (SSSR count). The standard InChI is InChI=1S/C20H23BrN4O4S/c1-2-7-24-30(27,28)16-5-6-18(21)17(13-16)20(26)23-14-15-4-3-8-22-19(15)25-9-11-29-12-10-25/h2-6,8,13,24H,1,7,9-12,14H2,(H,23,26). The Morgan fingerprint density at radius 1 is 1.30 bits per heavy atom. The molecule has 2 N–H and O–H groups in total. The van der Waals surface area contributed by atoms with E-state index in [1.807, 2.05) is 12.1 Å². The first-order valence-corrected chi connectivity index (χ1v) is 11.6. The van der Waals surface area contributed by atoms with E-state index in [9.17, 15) is 13.2 Å². The van der Waals surface area contributed by atoms with Gasteiger partial charge in [-0.25, -0.2) is 18.1 Å². The number of hydrogen-bond acceptors (Lipinski definition) is 6. The molecule has 1 amide bonds. The van der Waals surface area contributed by atoms with Crippen molar-refractivity contribution < 1.29 is 17.9 Å². The van der Waals surface area contributed by atoms with Crippen LogP contribution in [-0.2, 0) is 21.3 Å². The number of aromatic nitrogens is 1. The second-order valence-corrected chi connectivity index (χ2v) is 9.17. The summed E-state index contributed by atoms with van der Waals surface area (Å²) in [5.74, 6) is 0.421. The Hall–Kier alpha value is -2.27. The minimum atomic E-state index is -3.73. The van der Waals surface area contributed by atoms with Crippen LogP contribution in [-0.4, -0.2) is 52.2 Å². The van der Waals surface area contributed by atoms with Gasteiger partial charge in [-0.05, 0) is 40.2 Å². The van der Waals surface area contributed by atoms with Crippen LogP contribution in [0, 0.1) is 0 Å². The second-order valence-electron chi connectivity index (χ2n) is 6.55. The quantitative estimate of drug-likeness (QED) is 0.544. The molecule has 0 radical (unpaired) electrons. The number of rotatable bonds is 8. The third-order valence-electron chi connectivity index (χ3n) is 4.53. The van der Waals surface area contributed by atoms with E-state index in [4.69, 9.17) is 4.74 Å². The van der Waals surface area contributed by atoms with Gasteiger partial charge in [-0.2, -0.15) is 0 Å². The number of hydrogen-bond donors (Lipinski definition) is 2. The van der Waals surface area contributed by atoms with E-state index >= 15 is 0 Å². The van der Waals surface area contributed by atoms with Crippen molar-refractivity contribution in [2.45, 2.75) is 11.4 Å². The Labute approximate surface area is 184 Å². The molecule has 1 aliphatic heterocycles. The van der Waals surface area contributed by atoms with E-state index in [0.29, 0.717) is 17.7 Å². The van der Waals surface area contributed by atoms with Crippen molar-refractivity contribution in [3.63, 3.8) is 0 Å². The van der Waals surface area contributed by atoms with Crippen LogP contribution in [0.1, 0.15) is 15.9 Å². The van der Waals surface area contributed by atoms with Crippen LogP contribution >= 0.6 is 15.9 Å². The molecule has 1 aromatic heterocycles. The van der Waals surface area contributed by atoms with Gasteiger partial charge >= 0.3 is 0 Å². The molecular formula is C20H23BrN4O4S. The Bertz CT molecular complexity index is 1020. The molecule has 0 aliphatic carbocycles. The lowest BCUT2D eigenvalue weighted by molar-refractivity contribution is 0.0949. The van der Waals surface area contributed by atoms with E-state index in [2.05, 4.69) is 42.4 Å². The maximum atomic E-state index is 12.8. The number of ether oxygens (including phenoxy) is 1. The molecule has 160 valence electrons. The monoisotopic (exact) mass is 494 g/mol. The number of benzene rings is 1. The molecule has 2 aromatic rings. The second kappa shape index (κ2) is 10.2. The summed E-state index contributed by atoms with van der Waals surface area (Å²) in [7, 11) is -3.73. The molecule has 0 bridgehead atoms. The summed E-state index contributed by atoms with van der Waals surface area (Å²) in [6, 6.07) is 8.05. The van der Waals surface area contributed by atoms with Crippen LogP contribution in [0.2, 0.25) is 0 Å². The van der Waals surface area contributed by atoms with Crippen molar-refractivity contribution in [3.05, 3.63) is 64.8 Å². The molecule has 2 heterocycles. The molecule has 1 fully saturated rings. The van der Waals surface area contributed by atoms with Gasteiger partial charge in [0.15, 0.2) is 0 Å². The zero-order valence-electron chi connectivity index (χ0n) is 16.3. The van der Waals surface area contributed by atoms with Gasteiger partial charge in [0.1, 0.15) is 5.82 Å². The number of sulfonamides is 1. The summed E-state index contributed by atoms with van der Waals surface area (Å²) in [6.07, 6.45) is 3.17. The van der Waals surface area contributed by atoms with Gasteiger partial charge < -0.3 is 15.0 Å². The van der Waals surface area contributed by atoms with E-state index in [1.54, 1.807) is 12.3 Å². The van der Waals surface area contributed by atoms with Gasteiger partial charge in [-0.15, -0.1) is 6.58 Å². The van der Waals surface area contributed by atoms with Crippen LogP contribution in [0.3, 0.4) is 0 Å². The van der Waals surface area contributed by atoms with Crippen LogP contribution in [0.4, 0.5) is 5.82 Å². The van der Waals surface area contributed by atoms with Crippen LogP contribution < -0.4 is 14.9 Å². The maximum absolute atomic E-state index is 12.8. The van der Waals surface area contributed by atoms with Crippen molar-refractivity contribution in [2.24, 2.45) is 0 Å². The van der Waals surface area contributed by atoms with Crippen molar-refractivity contribution in [1.29, 1.82) is 0 Å². The number of nitrogens with one attached hydrogen (secondary N) is 2. The lowest BCUT2D eigenvalue weighted by atomic mass is 10.2. The highest BCUT2D eigenvalue weighted by atomic mass is 79.9. The highest BCUT2D eigenvalue weighted by Crippen LogP contribution is 2.22. The average Bonchev–Trinajstić information content (AvgIpc) is 2.77. The first-order valence-electron chi connectivity index (χ1n) is 9.37. The molecule has 1 aliphatic rings. The summed E-state index contributed by atoms with van der Waals surface area (Å²) in [5.41, 5.74) is 1.11. The van der Waals surface area contributed by atoms with Crippen molar-refractivity contribution in [3.8, 4) is 0 Å². The van der Waals surface area contributed by atoms with E-state index in [0.717, 1.165) is 24.5 Å². The topological polar surface area (TPSA) is 101 Å². The Balaban J connectivity index is 1.76. The minimum absolute atomic E-state index is 0.00748. The fraction of sp³-hybridized carbons (Fsp3) is 0.300. The smallest absolute Gasteiger partial charge is 0.252 e. The summed E-state index contributed by atoms with van der Waals surface area (Å²) in [6.45, 7) is 6.61. The number of anilines is 1. The van der Waals surface area contributed by atoms with E-state index < -0.39 is 10.0 Å². The Kier molecular flexibility index (Phi) is 7.59. The molecule has 10 heteroatoms. The molecule has 1 saturated heterocycles. The van der Waals surface area contributed by atoms with Crippen LogP contribution in [0.15, 0.2) is 58.6 Å². The molecule has 0 spiro atoms. The van der Waals surface area contributed by atoms with Crippen molar-refractivity contribution >= 4 is 37.7 Å². The normalized spacial score (nSPS) is 14.4. The zero-order chi connectivity index (χ0) is 21.6. The van der Waals surface area contributed by atoms with E-state index in [-0.39, 0.29) is 29.5 Å². The predicted octanol–water partition coefficient (Wildman–Crippen LogP) is 2.08. The fourth-order valence-electron chi connectivity index (χ4n) is 3.00. The van der Waals surface area contributed by atoms with Gasteiger partial charge in [0.05, 0.1) is 23.7 Å². The fourth-order valence-corrected chi connectivity index (χ4v) is 4.45. The SMILES string of the molecule is C=CCNS(=O)(=O)c1ccc(Br)c(C(=O)NCc2cccnc2N2CCOCC2)c1. The summed E-state index contributed by atoms with van der Waals surface area (Å²) in [4.78, 5) is 19.4. The number of nitrogens with zero attached hydrogens (tertiary/aromatic N) is 2. The number of morpholine rings is 1. The average molecular weight is 495 g/mol. The molecule has 30 heavy (non-hydrogen) atoms. The van der Waals surface area contributed by atoms with Gasteiger partial charge in [0, 0.05) is 42.4 Å². The number of carbonyl (C=O) groups is 1.